The number of nitrogens with zero attached hydrogens (tertiary/aromatic N) is 2. The van der Waals surface area contributed by atoms with Crippen molar-refractivity contribution in [3.8, 4) is 11.3 Å². The van der Waals surface area contributed by atoms with Crippen LogP contribution < -0.4 is 16.2 Å². The molecule has 0 spiro atoms. The van der Waals surface area contributed by atoms with Gasteiger partial charge in [0.2, 0.25) is 11.8 Å². The predicted molar refractivity (Wildman–Crippen MR) is 122 cm³/mol. The summed E-state index contributed by atoms with van der Waals surface area (Å²) in [4.78, 5) is 38.1. The van der Waals surface area contributed by atoms with Gasteiger partial charge in [-0.3, -0.25) is 14.4 Å². The second-order valence-electron chi connectivity index (χ2n) is 7.73. The first-order valence-corrected chi connectivity index (χ1v) is 10.1. The molecule has 3 aromatic rings. The van der Waals surface area contributed by atoms with Crippen molar-refractivity contribution < 1.29 is 9.59 Å². The van der Waals surface area contributed by atoms with Gasteiger partial charge in [0.25, 0.3) is 5.56 Å². The zero-order valence-electron chi connectivity index (χ0n) is 18.0. The van der Waals surface area contributed by atoms with Crippen molar-refractivity contribution >= 4 is 23.2 Å². The van der Waals surface area contributed by atoms with Crippen LogP contribution in [-0.4, -0.2) is 21.6 Å². The van der Waals surface area contributed by atoms with Crippen LogP contribution in [0.1, 0.15) is 32.4 Å². The minimum atomic E-state index is -0.896. The molecule has 1 atom stereocenters. The molecule has 31 heavy (non-hydrogen) atoms. The van der Waals surface area contributed by atoms with E-state index >= 15 is 0 Å². The van der Waals surface area contributed by atoms with Crippen molar-refractivity contribution in [1.82, 2.24) is 9.78 Å². The lowest BCUT2D eigenvalue weighted by Gasteiger charge is -2.17. The van der Waals surface area contributed by atoms with E-state index in [1.165, 1.54) is 0 Å². The van der Waals surface area contributed by atoms with Crippen molar-refractivity contribution in [2.45, 2.75) is 33.7 Å². The summed E-state index contributed by atoms with van der Waals surface area (Å²) in [6.45, 7) is 7.04. The van der Waals surface area contributed by atoms with E-state index < -0.39 is 11.6 Å². The molecule has 7 heteroatoms. The number of carbonyl (C=O) groups excluding carboxylic acids is 2. The Balaban J connectivity index is 2.00. The summed E-state index contributed by atoms with van der Waals surface area (Å²) in [7, 11) is 0. The summed E-state index contributed by atoms with van der Waals surface area (Å²) in [6, 6.07) is 17.3. The smallest absolute Gasteiger partial charge is 0.291 e. The highest BCUT2D eigenvalue weighted by Crippen LogP contribution is 2.20. The summed E-state index contributed by atoms with van der Waals surface area (Å²) in [5.74, 6) is -0.973. The van der Waals surface area contributed by atoms with Crippen molar-refractivity contribution in [2.75, 3.05) is 10.6 Å². The molecule has 0 aliphatic carbocycles. The summed E-state index contributed by atoms with van der Waals surface area (Å²) >= 11 is 0. The standard InChI is InChI=1S/C24H26N4O3/c1-15(2)22(29)26-21-14-20(18-8-6-5-7-9-18)27-28(24(21)31)17(4)23(30)25-19-12-10-16(3)11-13-19/h5-15,17H,1-4H3,(H,25,30)(H,26,29)/t17-/m1/s1. The van der Waals surface area contributed by atoms with E-state index in [4.69, 9.17) is 0 Å². The monoisotopic (exact) mass is 418 g/mol. The number of benzene rings is 2. The third-order valence-electron chi connectivity index (χ3n) is 4.85. The molecule has 0 bridgehead atoms. The van der Waals surface area contributed by atoms with Crippen molar-refractivity contribution in [2.24, 2.45) is 5.92 Å². The first-order chi connectivity index (χ1) is 14.8. The van der Waals surface area contributed by atoms with Gasteiger partial charge in [0.15, 0.2) is 0 Å². The lowest BCUT2D eigenvalue weighted by atomic mass is 10.1. The first kappa shape index (κ1) is 22.0. The molecule has 7 nitrogen and oxygen atoms in total. The van der Waals surface area contributed by atoms with Gasteiger partial charge in [0.1, 0.15) is 11.7 Å². The Hall–Kier alpha value is -3.74. The Morgan fingerprint density at radius 2 is 1.55 bits per heavy atom. The number of nitrogens with one attached hydrogen (secondary N) is 2. The van der Waals surface area contributed by atoms with Crippen LogP contribution in [0.25, 0.3) is 11.3 Å². The van der Waals surface area contributed by atoms with E-state index in [-0.39, 0.29) is 23.4 Å². The normalized spacial score (nSPS) is 11.8. The van der Waals surface area contributed by atoms with E-state index in [1.807, 2.05) is 49.4 Å². The topological polar surface area (TPSA) is 93.1 Å². The van der Waals surface area contributed by atoms with Gasteiger partial charge < -0.3 is 10.6 Å². The third kappa shape index (κ3) is 5.25. The minimum Gasteiger partial charge on any atom is -0.324 e. The molecule has 3 rings (SSSR count). The zero-order valence-corrected chi connectivity index (χ0v) is 18.0. The van der Waals surface area contributed by atoms with Gasteiger partial charge in [-0.05, 0) is 32.0 Å². The molecule has 0 fully saturated rings. The second-order valence-corrected chi connectivity index (χ2v) is 7.73. The Kier molecular flexibility index (Phi) is 6.65. The molecule has 0 saturated heterocycles. The highest BCUT2D eigenvalue weighted by Gasteiger charge is 2.22. The van der Waals surface area contributed by atoms with Gasteiger partial charge in [-0.1, -0.05) is 61.9 Å². The van der Waals surface area contributed by atoms with Crippen LogP contribution in [0.15, 0.2) is 65.5 Å². The fraction of sp³-hybridized carbons (Fsp3) is 0.250. The zero-order chi connectivity index (χ0) is 22.5. The van der Waals surface area contributed by atoms with Crippen LogP contribution in [0, 0.1) is 12.8 Å². The summed E-state index contributed by atoms with van der Waals surface area (Å²) in [5, 5.41) is 9.90. The fourth-order valence-electron chi connectivity index (χ4n) is 2.89. The van der Waals surface area contributed by atoms with Crippen LogP contribution in [0.5, 0.6) is 0 Å². The SMILES string of the molecule is Cc1ccc(NC(=O)[C@@H](C)n2nc(-c3ccccc3)cc(NC(=O)C(C)C)c2=O)cc1. The van der Waals surface area contributed by atoms with E-state index in [9.17, 15) is 14.4 Å². The lowest BCUT2D eigenvalue weighted by Crippen LogP contribution is -2.36. The molecular formula is C24H26N4O3. The van der Waals surface area contributed by atoms with Gasteiger partial charge in [-0.15, -0.1) is 0 Å². The molecule has 1 aromatic heterocycles. The minimum absolute atomic E-state index is 0.0857. The molecule has 1 heterocycles. The number of carbonyl (C=O) groups is 2. The quantitative estimate of drug-likeness (QED) is 0.632. The maximum absolute atomic E-state index is 13.1. The molecular weight excluding hydrogens is 392 g/mol. The van der Waals surface area contributed by atoms with Crippen LogP contribution in [0.3, 0.4) is 0 Å². The van der Waals surface area contributed by atoms with Gasteiger partial charge >= 0.3 is 0 Å². The van der Waals surface area contributed by atoms with Crippen molar-refractivity contribution in [3.05, 3.63) is 76.6 Å². The molecule has 0 aliphatic heterocycles. The number of aryl methyl sites for hydroxylation is 1. The summed E-state index contributed by atoms with van der Waals surface area (Å²) in [6.07, 6.45) is 0. The average Bonchev–Trinajstić information content (AvgIpc) is 2.76. The van der Waals surface area contributed by atoms with Gasteiger partial charge in [-0.25, -0.2) is 4.68 Å². The highest BCUT2D eigenvalue weighted by molar-refractivity contribution is 5.94. The molecule has 0 radical (unpaired) electrons. The van der Waals surface area contributed by atoms with Gasteiger partial charge in [-0.2, -0.15) is 5.10 Å². The third-order valence-corrected chi connectivity index (χ3v) is 4.85. The molecule has 2 aromatic carbocycles. The summed E-state index contributed by atoms with van der Waals surface area (Å²) < 4.78 is 1.11. The number of hydrogen-bond acceptors (Lipinski definition) is 4. The molecule has 160 valence electrons. The predicted octanol–water partition coefficient (Wildman–Crippen LogP) is 4.01. The number of hydrogen-bond donors (Lipinski definition) is 2. The number of rotatable bonds is 6. The van der Waals surface area contributed by atoms with Crippen LogP contribution in [0.2, 0.25) is 0 Å². The number of anilines is 2. The Morgan fingerprint density at radius 1 is 0.903 bits per heavy atom. The van der Waals surface area contributed by atoms with Gasteiger partial charge in [0.05, 0.1) is 5.69 Å². The average molecular weight is 418 g/mol. The number of aromatic nitrogens is 2. The van der Waals surface area contributed by atoms with E-state index in [0.717, 1.165) is 15.8 Å². The Morgan fingerprint density at radius 3 is 2.16 bits per heavy atom. The van der Waals surface area contributed by atoms with Gasteiger partial charge in [0, 0.05) is 17.2 Å². The number of amides is 2. The lowest BCUT2D eigenvalue weighted by molar-refractivity contribution is -0.119. The van der Waals surface area contributed by atoms with E-state index in [2.05, 4.69) is 15.7 Å². The van der Waals surface area contributed by atoms with Crippen LogP contribution in [0.4, 0.5) is 11.4 Å². The van der Waals surface area contributed by atoms with Crippen LogP contribution in [-0.2, 0) is 9.59 Å². The largest absolute Gasteiger partial charge is 0.324 e. The Bertz CT molecular complexity index is 1140. The molecule has 0 aliphatic rings. The molecule has 0 unspecified atom stereocenters. The molecule has 2 N–H and O–H groups in total. The van der Waals surface area contributed by atoms with E-state index in [0.29, 0.717) is 11.4 Å². The van der Waals surface area contributed by atoms with E-state index in [1.54, 1.807) is 39.0 Å². The van der Waals surface area contributed by atoms with Crippen LogP contribution >= 0.6 is 0 Å². The highest BCUT2D eigenvalue weighted by atomic mass is 16.2. The fourth-order valence-corrected chi connectivity index (χ4v) is 2.89. The van der Waals surface area contributed by atoms with Crippen molar-refractivity contribution in [3.63, 3.8) is 0 Å². The molecule has 0 saturated carbocycles. The summed E-state index contributed by atoms with van der Waals surface area (Å²) in [5.41, 5.74) is 2.49. The maximum atomic E-state index is 13.1. The maximum Gasteiger partial charge on any atom is 0.291 e. The van der Waals surface area contributed by atoms with Crippen molar-refractivity contribution in [1.29, 1.82) is 0 Å². The first-order valence-electron chi connectivity index (χ1n) is 10.1. The molecule has 2 amide bonds. The Labute approximate surface area is 181 Å². The second kappa shape index (κ2) is 9.38.